The first-order valence-electron chi connectivity index (χ1n) is 13.2. The van der Waals surface area contributed by atoms with Gasteiger partial charge in [0.25, 0.3) is 0 Å². The zero-order valence-corrected chi connectivity index (χ0v) is 20.5. The van der Waals surface area contributed by atoms with E-state index in [0.29, 0.717) is 10.8 Å². The predicted molar refractivity (Wildman–Crippen MR) is 125 cm³/mol. The number of fused-ring (bicyclic) bond motifs is 5. The second-order valence-electron chi connectivity index (χ2n) is 12.9. The van der Waals surface area contributed by atoms with Crippen LogP contribution in [0, 0.1) is 34.5 Å². The Bertz CT molecular complexity index is 662. The Hall–Kier alpha value is -0.340. The molecule has 8 atom stereocenters. The summed E-state index contributed by atoms with van der Waals surface area (Å²) in [6, 6.07) is 0. The molecule has 0 aliphatic heterocycles. The molecule has 0 heterocycles. The fourth-order valence-corrected chi connectivity index (χ4v) is 8.78. The van der Waals surface area contributed by atoms with Gasteiger partial charge in [-0.25, -0.2) is 0 Å². The minimum absolute atomic E-state index is 0.337. The molecule has 4 aliphatic rings. The van der Waals surface area contributed by atoms with Crippen molar-refractivity contribution < 1.29 is 10.2 Å². The fraction of sp³-hybridized carbons (Fsp3) is 0.929. The minimum atomic E-state index is -0.487. The highest BCUT2D eigenvalue weighted by atomic mass is 16.3. The number of aliphatic hydroxyl groups is 2. The summed E-state index contributed by atoms with van der Waals surface area (Å²) in [6.45, 7) is 11.4. The summed E-state index contributed by atoms with van der Waals surface area (Å²) < 4.78 is 0. The van der Waals surface area contributed by atoms with Crippen LogP contribution in [0.4, 0.5) is 0 Å². The van der Waals surface area contributed by atoms with E-state index in [2.05, 4.69) is 26.8 Å². The lowest BCUT2D eigenvalue weighted by atomic mass is 9.46. The zero-order chi connectivity index (χ0) is 21.8. The van der Waals surface area contributed by atoms with E-state index in [1.54, 1.807) is 5.57 Å². The van der Waals surface area contributed by atoms with E-state index in [-0.39, 0.29) is 0 Å². The van der Waals surface area contributed by atoms with Crippen molar-refractivity contribution in [2.45, 2.75) is 129 Å². The number of hydrogen-bond acceptors (Lipinski definition) is 2. The third-order valence-electron chi connectivity index (χ3n) is 10.6. The van der Waals surface area contributed by atoms with Gasteiger partial charge in [-0.2, -0.15) is 0 Å². The molecule has 3 fully saturated rings. The summed E-state index contributed by atoms with van der Waals surface area (Å²) in [7, 11) is 0. The summed E-state index contributed by atoms with van der Waals surface area (Å²) in [5, 5.41) is 21.3. The van der Waals surface area contributed by atoms with Crippen LogP contribution in [0.5, 0.6) is 0 Å². The summed E-state index contributed by atoms with van der Waals surface area (Å²) in [5.74, 6) is 3.42. The Morgan fingerprint density at radius 2 is 1.80 bits per heavy atom. The van der Waals surface area contributed by atoms with Crippen LogP contribution in [0.2, 0.25) is 0 Å². The number of rotatable bonds is 6. The van der Waals surface area contributed by atoms with Crippen LogP contribution in [0.15, 0.2) is 11.6 Å². The van der Waals surface area contributed by atoms with Crippen molar-refractivity contribution in [3.63, 3.8) is 0 Å². The molecule has 3 saturated carbocycles. The van der Waals surface area contributed by atoms with E-state index in [4.69, 9.17) is 0 Å². The maximum atomic E-state index is 10.7. The van der Waals surface area contributed by atoms with Gasteiger partial charge in [-0.3, -0.25) is 0 Å². The molecule has 0 aromatic carbocycles. The van der Waals surface area contributed by atoms with E-state index in [9.17, 15) is 10.2 Å². The van der Waals surface area contributed by atoms with Gasteiger partial charge >= 0.3 is 0 Å². The van der Waals surface area contributed by atoms with E-state index in [1.165, 1.54) is 51.4 Å². The summed E-state index contributed by atoms with van der Waals surface area (Å²) in [5.41, 5.74) is 1.48. The second-order valence-corrected chi connectivity index (χ2v) is 12.9. The lowest BCUT2D eigenvalue weighted by molar-refractivity contribution is -0.0665. The quantitative estimate of drug-likeness (QED) is 0.456. The molecule has 0 saturated heterocycles. The lowest BCUT2D eigenvalue weighted by Gasteiger charge is -2.59. The van der Waals surface area contributed by atoms with Crippen molar-refractivity contribution in [2.75, 3.05) is 0 Å². The molecule has 1 unspecified atom stereocenters. The van der Waals surface area contributed by atoms with Gasteiger partial charge < -0.3 is 10.2 Å². The molecule has 0 radical (unpaired) electrons. The van der Waals surface area contributed by atoms with Gasteiger partial charge in [0.15, 0.2) is 0 Å². The van der Waals surface area contributed by atoms with E-state index >= 15 is 0 Å². The first kappa shape index (κ1) is 22.8. The van der Waals surface area contributed by atoms with Gasteiger partial charge in [-0.1, -0.05) is 45.3 Å². The highest BCUT2D eigenvalue weighted by Gasteiger charge is 2.58. The van der Waals surface area contributed by atoms with Crippen LogP contribution in [-0.2, 0) is 0 Å². The molecule has 4 rings (SSSR count). The molecule has 2 nitrogen and oxygen atoms in total. The Labute approximate surface area is 185 Å². The topological polar surface area (TPSA) is 40.5 Å². The molecule has 4 aliphatic carbocycles. The van der Waals surface area contributed by atoms with Crippen LogP contribution >= 0.6 is 0 Å². The first-order valence-corrected chi connectivity index (χ1v) is 13.2. The van der Waals surface area contributed by atoms with Crippen LogP contribution in [0.3, 0.4) is 0 Å². The van der Waals surface area contributed by atoms with Gasteiger partial charge in [-0.15, -0.1) is 0 Å². The molecule has 0 bridgehead atoms. The Kier molecular flexibility index (Phi) is 6.02. The van der Waals surface area contributed by atoms with Crippen molar-refractivity contribution in [3.05, 3.63) is 11.6 Å². The summed E-state index contributed by atoms with van der Waals surface area (Å²) in [6.07, 6.45) is 17.9. The monoisotopic (exact) mass is 416 g/mol. The van der Waals surface area contributed by atoms with Crippen LogP contribution in [0.1, 0.15) is 118 Å². The molecule has 0 aromatic rings. The van der Waals surface area contributed by atoms with Crippen LogP contribution in [-0.4, -0.2) is 21.4 Å². The third-order valence-corrected chi connectivity index (χ3v) is 10.6. The summed E-state index contributed by atoms with van der Waals surface area (Å²) >= 11 is 0. The van der Waals surface area contributed by atoms with Crippen molar-refractivity contribution in [2.24, 2.45) is 34.5 Å². The first-order chi connectivity index (χ1) is 14.0. The second kappa shape index (κ2) is 7.91. The largest absolute Gasteiger partial charge is 0.390 e. The molecule has 2 heteroatoms. The Morgan fingerprint density at radius 3 is 2.53 bits per heavy atom. The standard InChI is InChI=1S/C28H48O2/c1-6-14-25(2,29)15-7-8-20-10-12-23-22-11-9-21-19-26(3,30)17-18-28(21,5)24(22)13-16-27(20,23)4/h9,20,22-24,29-30H,6-8,10-19H2,1-5H3/t20-,22-,23-,24-,25?,26-,27+,28-/m0/s1. The minimum Gasteiger partial charge on any atom is -0.390 e. The van der Waals surface area contributed by atoms with Gasteiger partial charge in [0.05, 0.1) is 11.2 Å². The number of hydrogen-bond donors (Lipinski definition) is 2. The molecule has 2 N–H and O–H groups in total. The van der Waals surface area contributed by atoms with Crippen LogP contribution < -0.4 is 0 Å². The SMILES string of the molecule is CCCC(C)(O)CCC[C@H]1CC[C@H]2[C@@H]3CC=C4C[C@@](C)(O)CC[C@]4(C)[C@H]3CC[C@]12C. The van der Waals surface area contributed by atoms with Gasteiger partial charge in [0, 0.05) is 0 Å². The number of allylic oxidation sites excluding steroid dienone is 1. The third kappa shape index (κ3) is 3.94. The van der Waals surface area contributed by atoms with Crippen molar-refractivity contribution in [1.29, 1.82) is 0 Å². The maximum Gasteiger partial charge on any atom is 0.0657 e. The smallest absolute Gasteiger partial charge is 0.0657 e. The normalized spacial score (nSPS) is 47.6. The van der Waals surface area contributed by atoms with E-state index in [0.717, 1.165) is 55.8 Å². The molecule has 30 heavy (non-hydrogen) atoms. The zero-order valence-electron chi connectivity index (χ0n) is 20.5. The highest BCUT2D eigenvalue weighted by Crippen LogP contribution is 2.67. The Morgan fingerprint density at radius 1 is 1.03 bits per heavy atom. The average Bonchev–Trinajstić information content (AvgIpc) is 2.99. The van der Waals surface area contributed by atoms with Gasteiger partial charge in [0.1, 0.15) is 0 Å². The molecule has 172 valence electrons. The molecular weight excluding hydrogens is 368 g/mol. The maximum absolute atomic E-state index is 10.7. The van der Waals surface area contributed by atoms with Gasteiger partial charge in [-0.05, 0) is 119 Å². The summed E-state index contributed by atoms with van der Waals surface area (Å²) in [4.78, 5) is 0. The predicted octanol–water partition coefficient (Wildman–Crippen LogP) is 7.04. The van der Waals surface area contributed by atoms with Crippen LogP contribution in [0.25, 0.3) is 0 Å². The highest BCUT2D eigenvalue weighted by molar-refractivity contribution is 5.26. The fourth-order valence-electron chi connectivity index (χ4n) is 8.78. The molecule has 0 amide bonds. The van der Waals surface area contributed by atoms with Crippen molar-refractivity contribution in [3.8, 4) is 0 Å². The van der Waals surface area contributed by atoms with E-state index < -0.39 is 11.2 Å². The van der Waals surface area contributed by atoms with Crippen molar-refractivity contribution in [1.82, 2.24) is 0 Å². The van der Waals surface area contributed by atoms with Gasteiger partial charge in [0.2, 0.25) is 0 Å². The Balaban J connectivity index is 1.44. The molecule has 0 aromatic heterocycles. The lowest BCUT2D eigenvalue weighted by Crippen LogP contribution is -2.51. The molecule has 0 spiro atoms. The van der Waals surface area contributed by atoms with Crippen molar-refractivity contribution >= 4 is 0 Å². The molecular formula is C28H48O2. The average molecular weight is 417 g/mol. The van der Waals surface area contributed by atoms with E-state index in [1.807, 2.05) is 13.8 Å².